The van der Waals surface area contributed by atoms with E-state index in [4.69, 9.17) is 9.47 Å². The molecule has 0 heterocycles. The summed E-state index contributed by atoms with van der Waals surface area (Å²) in [6, 6.07) is 0. The fourth-order valence-electron chi connectivity index (χ4n) is 1.20. The van der Waals surface area contributed by atoms with Crippen molar-refractivity contribution in [1.29, 1.82) is 0 Å². The lowest BCUT2D eigenvalue weighted by molar-refractivity contribution is 0.0370. The van der Waals surface area contributed by atoms with Crippen LogP contribution in [0.1, 0.15) is 53.4 Å². The van der Waals surface area contributed by atoms with Gasteiger partial charge in [0.2, 0.25) is 0 Å². The molecule has 0 amide bonds. The van der Waals surface area contributed by atoms with E-state index in [1.807, 2.05) is 0 Å². The van der Waals surface area contributed by atoms with Crippen LogP contribution in [0.15, 0.2) is 0 Å². The van der Waals surface area contributed by atoms with Crippen LogP contribution in [-0.2, 0) is 9.47 Å². The number of ether oxygens (including phenoxy) is 2. The van der Waals surface area contributed by atoms with Crippen molar-refractivity contribution in [3.63, 3.8) is 0 Å². The molecule has 14 heavy (non-hydrogen) atoms. The summed E-state index contributed by atoms with van der Waals surface area (Å²) in [5.41, 5.74) is 0. The molecule has 86 valence electrons. The molecule has 0 spiro atoms. The topological polar surface area (TPSA) is 18.5 Å². The molecule has 2 nitrogen and oxygen atoms in total. The molecule has 0 aliphatic carbocycles. The van der Waals surface area contributed by atoms with E-state index in [1.165, 1.54) is 12.8 Å². The molecule has 0 aromatic heterocycles. The Bertz CT molecular complexity index is 113. The molecule has 0 bridgehead atoms. The van der Waals surface area contributed by atoms with E-state index in [-0.39, 0.29) is 0 Å². The van der Waals surface area contributed by atoms with Crippen LogP contribution in [0.5, 0.6) is 0 Å². The average Bonchev–Trinajstić information content (AvgIpc) is 2.13. The first kappa shape index (κ1) is 13.9. The minimum atomic E-state index is 0.353. The van der Waals surface area contributed by atoms with Gasteiger partial charge in [-0.2, -0.15) is 0 Å². The Morgan fingerprint density at radius 2 is 1.57 bits per heavy atom. The summed E-state index contributed by atoms with van der Waals surface area (Å²) >= 11 is 0. The predicted molar refractivity (Wildman–Crippen MR) is 60.6 cm³/mol. The van der Waals surface area contributed by atoms with E-state index in [2.05, 4.69) is 27.7 Å². The first-order valence-electron chi connectivity index (χ1n) is 5.90. The summed E-state index contributed by atoms with van der Waals surface area (Å²) in [6.07, 6.45) is 5.33. The lowest BCUT2D eigenvalue weighted by Gasteiger charge is -2.13. The van der Waals surface area contributed by atoms with Gasteiger partial charge >= 0.3 is 0 Å². The number of hydrogen-bond acceptors (Lipinski definition) is 2. The van der Waals surface area contributed by atoms with Gasteiger partial charge in [-0.05, 0) is 40.0 Å². The van der Waals surface area contributed by atoms with E-state index >= 15 is 0 Å². The molecule has 1 unspecified atom stereocenters. The number of rotatable bonds is 9. The first-order chi connectivity index (χ1) is 6.66. The van der Waals surface area contributed by atoms with Gasteiger partial charge in [-0.25, -0.2) is 0 Å². The zero-order valence-electron chi connectivity index (χ0n) is 10.2. The largest absolute Gasteiger partial charge is 0.379 e. The normalized spacial score (nSPS) is 13.5. The van der Waals surface area contributed by atoms with Crippen LogP contribution in [0.2, 0.25) is 0 Å². The molecule has 0 saturated heterocycles. The SMILES string of the molecule is CCCCOC(C)CCCOC(C)C. The third-order valence-electron chi connectivity index (χ3n) is 2.11. The van der Waals surface area contributed by atoms with Crippen molar-refractivity contribution >= 4 is 0 Å². The second-order valence-electron chi connectivity index (χ2n) is 4.10. The van der Waals surface area contributed by atoms with Crippen LogP contribution in [0.4, 0.5) is 0 Å². The summed E-state index contributed by atoms with van der Waals surface area (Å²) in [4.78, 5) is 0. The molecular weight excluding hydrogens is 176 g/mol. The van der Waals surface area contributed by atoms with E-state index in [1.54, 1.807) is 0 Å². The average molecular weight is 202 g/mol. The van der Waals surface area contributed by atoms with Crippen molar-refractivity contribution in [2.24, 2.45) is 0 Å². The van der Waals surface area contributed by atoms with E-state index in [0.29, 0.717) is 12.2 Å². The Hall–Kier alpha value is -0.0800. The molecule has 2 heteroatoms. The van der Waals surface area contributed by atoms with Gasteiger partial charge in [0.25, 0.3) is 0 Å². The van der Waals surface area contributed by atoms with Gasteiger partial charge in [0.15, 0.2) is 0 Å². The second kappa shape index (κ2) is 9.47. The maximum Gasteiger partial charge on any atom is 0.0547 e. The third-order valence-corrected chi connectivity index (χ3v) is 2.11. The van der Waals surface area contributed by atoms with Gasteiger partial charge in [-0.1, -0.05) is 13.3 Å². The lowest BCUT2D eigenvalue weighted by Crippen LogP contribution is -2.11. The highest BCUT2D eigenvalue weighted by Crippen LogP contribution is 2.04. The minimum Gasteiger partial charge on any atom is -0.379 e. The maximum atomic E-state index is 5.63. The highest BCUT2D eigenvalue weighted by atomic mass is 16.5. The first-order valence-corrected chi connectivity index (χ1v) is 5.90. The fourth-order valence-corrected chi connectivity index (χ4v) is 1.20. The maximum absolute atomic E-state index is 5.63. The van der Waals surface area contributed by atoms with Crippen LogP contribution in [0, 0.1) is 0 Å². The zero-order valence-corrected chi connectivity index (χ0v) is 10.2. The van der Waals surface area contributed by atoms with E-state index in [0.717, 1.165) is 26.1 Å². The van der Waals surface area contributed by atoms with Gasteiger partial charge in [0, 0.05) is 13.2 Å². The molecule has 0 aromatic rings. The summed E-state index contributed by atoms with van der Waals surface area (Å²) in [6.45, 7) is 10.2. The van der Waals surface area contributed by atoms with Crippen molar-refractivity contribution in [2.75, 3.05) is 13.2 Å². The Morgan fingerprint density at radius 3 is 2.14 bits per heavy atom. The Balaban J connectivity index is 3.14. The van der Waals surface area contributed by atoms with Gasteiger partial charge < -0.3 is 9.47 Å². The molecule has 0 aliphatic rings. The van der Waals surface area contributed by atoms with E-state index in [9.17, 15) is 0 Å². The van der Waals surface area contributed by atoms with Crippen molar-refractivity contribution in [2.45, 2.75) is 65.6 Å². The lowest BCUT2D eigenvalue weighted by atomic mass is 10.2. The van der Waals surface area contributed by atoms with Gasteiger partial charge in [-0.15, -0.1) is 0 Å². The predicted octanol–water partition coefficient (Wildman–Crippen LogP) is 3.40. The standard InChI is InChI=1S/C12H26O2/c1-5-6-9-14-12(4)8-7-10-13-11(2)3/h11-12H,5-10H2,1-4H3. The Labute approximate surface area is 89.0 Å². The minimum absolute atomic E-state index is 0.353. The molecule has 0 aromatic carbocycles. The monoisotopic (exact) mass is 202 g/mol. The van der Waals surface area contributed by atoms with Crippen molar-refractivity contribution < 1.29 is 9.47 Å². The summed E-state index contributed by atoms with van der Waals surface area (Å²) in [7, 11) is 0. The molecule has 0 aliphatic heterocycles. The summed E-state index contributed by atoms with van der Waals surface area (Å²) in [5.74, 6) is 0. The van der Waals surface area contributed by atoms with Crippen LogP contribution in [0.3, 0.4) is 0 Å². The van der Waals surface area contributed by atoms with Crippen LogP contribution >= 0.6 is 0 Å². The van der Waals surface area contributed by atoms with Gasteiger partial charge in [-0.3, -0.25) is 0 Å². The summed E-state index contributed by atoms with van der Waals surface area (Å²) in [5, 5.41) is 0. The Kier molecular flexibility index (Phi) is 9.42. The highest BCUT2D eigenvalue weighted by Gasteiger charge is 2.01. The quantitative estimate of drug-likeness (QED) is 0.533. The van der Waals surface area contributed by atoms with Crippen LogP contribution < -0.4 is 0 Å². The molecule has 0 rings (SSSR count). The third kappa shape index (κ3) is 10.0. The second-order valence-corrected chi connectivity index (χ2v) is 4.10. The van der Waals surface area contributed by atoms with Crippen molar-refractivity contribution in [3.05, 3.63) is 0 Å². The Morgan fingerprint density at radius 1 is 0.929 bits per heavy atom. The molecule has 0 saturated carbocycles. The smallest absolute Gasteiger partial charge is 0.0547 e. The molecule has 0 radical (unpaired) electrons. The number of hydrogen-bond donors (Lipinski definition) is 0. The van der Waals surface area contributed by atoms with Crippen molar-refractivity contribution in [3.8, 4) is 0 Å². The molecule has 1 atom stereocenters. The van der Waals surface area contributed by atoms with Gasteiger partial charge in [0.1, 0.15) is 0 Å². The van der Waals surface area contributed by atoms with Gasteiger partial charge in [0.05, 0.1) is 12.2 Å². The highest BCUT2D eigenvalue weighted by molar-refractivity contribution is 4.51. The number of unbranched alkanes of at least 4 members (excludes halogenated alkanes) is 1. The van der Waals surface area contributed by atoms with E-state index < -0.39 is 0 Å². The fraction of sp³-hybridized carbons (Fsp3) is 1.00. The zero-order chi connectivity index (χ0) is 10.8. The van der Waals surface area contributed by atoms with Crippen LogP contribution in [0.25, 0.3) is 0 Å². The van der Waals surface area contributed by atoms with Crippen LogP contribution in [-0.4, -0.2) is 25.4 Å². The summed E-state index contributed by atoms with van der Waals surface area (Å²) < 4.78 is 11.1. The molecular formula is C12H26O2. The van der Waals surface area contributed by atoms with Crippen molar-refractivity contribution in [1.82, 2.24) is 0 Å². The molecule has 0 fully saturated rings. The molecule has 0 N–H and O–H groups in total.